The number of aromatic nitrogens is 2. The molecule has 0 aliphatic rings. The normalized spacial score (nSPS) is 12.4. The van der Waals surface area contributed by atoms with E-state index in [1.807, 2.05) is 27.0 Å². The van der Waals surface area contributed by atoms with E-state index in [0.717, 1.165) is 18.8 Å². The van der Waals surface area contributed by atoms with Gasteiger partial charge in [0.15, 0.2) is 0 Å². The van der Waals surface area contributed by atoms with E-state index in [4.69, 9.17) is 0 Å². The van der Waals surface area contributed by atoms with Crippen molar-refractivity contribution in [3.63, 3.8) is 0 Å². The van der Waals surface area contributed by atoms with Gasteiger partial charge in [-0.2, -0.15) is 5.10 Å². The molecule has 0 aromatic carbocycles. The second kappa shape index (κ2) is 6.27. The Kier molecular flexibility index (Phi) is 4.98. The first-order chi connectivity index (χ1) is 7.65. The van der Waals surface area contributed by atoms with Crippen LogP contribution in [0.2, 0.25) is 0 Å². The molecule has 0 saturated carbocycles. The zero-order chi connectivity index (χ0) is 12.0. The van der Waals surface area contributed by atoms with Crippen LogP contribution in [0.1, 0.15) is 27.2 Å². The van der Waals surface area contributed by atoms with Gasteiger partial charge >= 0.3 is 0 Å². The fraction of sp³-hybridized carbons (Fsp3) is 0.636. The third-order valence-electron chi connectivity index (χ3n) is 2.29. The summed E-state index contributed by atoms with van der Waals surface area (Å²) in [5, 5.41) is 10.1. The minimum absolute atomic E-state index is 0.0177. The average Bonchev–Trinajstić information content (AvgIpc) is 2.65. The highest BCUT2D eigenvalue weighted by Gasteiger charge is 2.08. The highest BCUT2D eigenvalue weighted by molar-refractivity contribution is 5.90. The van der Waals surface area contributed by atoms with Crippen molar-refractivity contribution in [2.75, 3.05) is 11.9 Å². The first kappa shape index (κ1) is 12.7. The van der Waals surface area contributed by atoms with Crippen LogP contribution in [-0.2, 0) is 11.3 Å². The maximum absolute atomic E-state index is 11.6. The number of hydrogen-bond donors (Lipinski definition) is 2. The van der Waals surface area contributed by atoms with Crippen molar-refractivity contribution >= 4 is 11.6 Å². The molecule has 0 saturated heterocycles. The second-order valence-electron chi connectivity index (χ2n) is 3.80. The van der Waals surface area contributed by atoms with Crippen molar-refractivity contribution in [2.24, 2.45) is 0 Å². The molecule has 16 heavy (non-hydrogen) atoms. The van der Waals surface area contributed by atoms with Crippen molar-refractivity contribution in [3.05, 3.63) is 12.4 Å². The summed E-state index contributed by atoms with van der Waals surface area (Å²) in [6, 6.07) is 0.200. The van der Waals surface area contributed by atoms with Gasteiger partial charge in [0.05, 0.1) is 11.9 Å². The molecular formula is C11H20N4O. The molecule has 1 aromatic heterocycles. The first-order valence-corrected chi connectivity index (χ1v) is 5.71. The molecule has 0 fully saturated rings. The largest absolute Gasteiger partial charge is 0.323 e. The molecule has 90 valence electrons. The van der Waals surface area contributed by atoms with Crippen LogP contribution in [-0.4, -0.2) is 28.3 Å². The zero-order valence-corrected chi connectivity index (χ0v) is 10.2. The molecule has 5 nitrogen and oxygen atoms in total. The minimum atomic E-state index is 0.0177. The maximum Gasteiger partial charge on any atom is 0.226 e. The van der Waals surface area contributed by atoms with Crippen LogP contribution in [0, 0.1) is 0 Å². The Labute approximate surface area is 96.2 Å². The van der Waals surface area contributed by atoms with Gasteiger partial charge in [-0.25, -0.2) is 0 Å². The van der Waals surface area contributed by atoms with E-state index in [2.05, 4.69) is 15.7 Å². The van der Waals surface area contributed by atoms with Crippen molar-refractivity contribution in [2.45, 2.75) is 39.8 Å². The molecule has 1 heterocycles. The van der Waals surface area contributed by atoms with Gasteiger partial charge in [-0.1, -0.05) is 6.92 Å². The summed E-state index contributed by atoms with van der Waals surface area (Å²) in [4.78, 5) is 11.6. The lowest BCUT2D eigenvalue weighted by molar-refractivity contribution is -0.116. The van der Waals surface area contributed by atoms with E-state index >= 15 is 0 Å². The van der Waals surface area contributed by atoms with Crippen LogP contribution in [0.4, 0.5) is 5.69 Å². The summed E-state index contributed by atoms with van der Waals surface area (Å²) < 4.78 is 1.78. The molecule has 1 atom stereocenters. The molecule has 0 aliphatic carbocycles. The molecule has 0 bridgehead atoms. The summed E-state index contributed by atoms with van der Waals surface area (Å²) in [5.41, 5.74) is 0.760. The summed E-state index contributed by atoms with van der Waals surface area (Å²) in [6.07, 6.45) is 3.97. The molecule has 1 unspecified atom stereocenters. The molecule has 2 N–H and O–H groups in total. The third-order valence-corrected chi connectivity index (χ3v) is 2.29. The van der Waals surface area contributed by atoms with Crippen LogP contribution in [0.5, 0.6) is 0 Å². The highest BCUT2D eigenvalue weighted by Crippen LogP contribution is 2.05. The fourth-order valence-electron chi connectivity index (χ4n) is 1.51. The molecule has 1 rings (SSSR count). The number of anilines is 1. The molecule has 1 aromatic rings. The van der Waals surface area contributed by atoms with Gasteiger partial charge in [-0.3, -0.25) is 9.48 Å². The van der Waals surface area contributed by atoms with Gasteiger partial charge in [-0.05, 0) is 20.4 Å². The van der Waals surface area contributed by atoms with Crippen molar-refractivity contribution in [1.82, 2.24) is 15.1 Å². The Hall–Kier alpha value is -1.36. The molecule has 1 amide bonds. The fourth-order valence-corrected chi connectivity index (χ4v) is 1.51. The quantitative estimate of drug-likeness (QED) is 0.764. The Balaban J connectivity index is 2.39. The Morgan fingerprint density at radius 3 is 2.88 bits per heavy atom. The van der Waals surface area contributed by atoms with Gasteiger partial charge in [0, 0.05) is 25.2 Å². The van der Waals surface area contributed by atoms with Crippen LogP contribution >= 0.6 is 0 Å². The first-order valence-electron chi connectivity index (χ1n) is 5.71. The number of hydrogen-bond acceptors (Lipinski definition) is 3. The summed E-state index contributed by atoms with van der Waals surface area (Å²) in [6.45, 7) is 7.72. The molecule has 0 aliphatic heterocycles. The van der Waals surface area contributed by atoms with Gasteiger partial charge in [0.1, 0.15) is 0 Å². The Morgan fingerprint density at radius 2 is 2.31 bits per heavy atom. The van der Waals surface area contributed by atoms with Crippen molar-refractivity contribution in [1.29, 1.82) is 0 Å². The number of nitrogens with zero attached hydrogens (tertiary/aromatic N) is 2. The second-order valence-corrected chi connectivity index (χ2v) is 3.80. The number of carbonyl (C=O) groups excluding carboxylic acids is 1. The van der Waals surface area contributed by atoms with E-state index in [-0.39, 0.29) is 11.9 Å². The number of amides is 1. The summed E-state index contributed by atoms with van der Waals surface area (Å²) in [5.74, 6) is 0.0177. The average molecular weight is 224 g/mol. The van der Waals surface area contributed by atoms with Gasteiger partial charge < -0.3 is 10.6 Å². The monoisotopic (exact) mass is 224 g/mol. The molecule has 0 spiro atoms. The third kappa shape index (κ3) is 4.02. The summed E-state index contributed by atoms with van der Waals surface area (Å²) >= 11 is 0. The van der Waals surface area contributed by atoms with Crippen molar-refractivity contribution < 1.29 is 4.79 Å². The summed E-state index contributed by atoms with van der Waals surface area (Å²) in [7, 11) is 0. The van der Waals surface area contributed by atoms with Crippen LogP contribution in [0.15, 0.2) is 12.4 Å². The van der Waals surface area contributed by atoms with E-state index in [9.17, 15) is 4.79 Å². The topological polar surface area (TPSA) is 59.0 Å². The number of carbonyl (C=O) groups is 1. The van der Waals surface area contributed by atoms with E-state index in [1.54, 1.807) is 10.9 Å². The predicted octanol–water partition coefficient (Wildman–Crippen LogP) is 1.23. The predicted molar refractivity (Wildman–Crippen MR) is 64.3 cm³/mol. The molecule has 5 heteroatoms. The number of rotatable bonds is 6. The van der Waals surface area contributed by atoms with Crippen LogP contribution < -0.4 is 10.6 Å². The Morgan fingerprint density at radius 1 is 1.56 bits per heavy atom. The lowest BCUT2D eigenvalue weighted by Gasteiger charge is -2.11. The molecular weight excluding hydrogens is 204 g/mol. The van der Waals surface area contributed by atoms with Gasteiger partial charge in [-0.15, -0.1) is 0 Å². The standard InChI is InChI=1S/C11H20N4O/c1-4-12-9(3)6-11(16)14-10-7-13-15(5-2)8-10/h7-9,12H,4-6H2,1-3H3,(H,14,16). The molecule has 0 radical (unpaired) electrons. The van der Waals surface area contributed by atoms with Crippen molar-refractivity contribution in [3.8, 4) is 0 Å². The SMILES string of the molecule is CCNC(C)CC(=O)Nc1cnn(CC)c1. The van der Waals surface area contributed by atoms with Crippen LogP contribution in [0.3, 0.4) is 0 Å². The maximum atomic E-state index is 11.6. The smallest absolute Gasteiger partial charge is 0.226 e. The van der Waals surface area contributed by atoms with E-state index in [0.29, 0.717) is 6.42 Å². The lowest BCUT2D eigenvalue weighted by atomic mass is 10.2. The van der Waals surface area contributed by atoms with Crippen LogP contribution in [0.25, 0.3) is 0 Å². The van der Waals surface area contributed by atoms with Gasteiger partial charge in [0.2, 0.25) is 5.91 Å². The van der Waals surface area contributed by atoms with Gasteiger partial charge in [0.25, 0.3) is 0 Å². The highest BCUT2D eigenvalue weighted by atomic mass is 16.1. The number of nitrogens with one attached hydrogen (secondary N) is 2. The number of aryl methyl sites for hydroxylation is 1. The lowest BCUT2D eigenvalue weighted by Crippen LogP contribution is -2.30. The zero-order valence-electron chi connectivity index (χ0n) is 10.2. The van der Waals surface area contributed by atoms with E-state index in [1.165, 1.54) is 0 Å². The van der Waals surface area contributed by atoms with E-state index < -0.39 is 0 Å². The minimum Gasteiger partial charge on any atom is -0.323 e. The Bertz CT molecular complexity index is 334.